The van der Waals surface area contributed by atoms with E-state index in [9.17, 15) is 4.79 Å². The van der Waals surface area contributed by atoms with Crippen LogP contribution in [0.25, 0.3) is 0 Å². The van der Waals surface area contributed by atoms with Gasteiger partial charge in [-0.3, -0.25) is 9.48 Å². The molecule has 1 amide bonds. The van der Waals surface area contributed by atoms with E-state index < -0.39 is 0 Å². The average Bonchev–Trinajstić information content (AvgIpc) is 3.12. The lowest BCUT2D eigenvalue weighted by Crippen LogP contribution is -2.27. The van der Waals surface area contributed by atoms with Crippen LogP contribution in [0, 0.1) is 0 Å². The maximum Gasteiger partial charge on any atom is 0.270 e. The molecule has 0 saturated carbocycles. The van der Waals surface area contributed by atoms with Crippen molar-refractivity contribution in [2.24, 2.45) is 0 Å². The molecule has 0 atom stereocenters. The molecule has 3 rings (SSSR count). The largest absolute Gasteiger partial charge is 0.347 e. The minimum Gasteiger partial charge on any atom is -0.347 e. The number of nitrogens with zero attached hydrogens (tertiary/aromatic N) is 2. The van der Waals surface area contributed by atoms with Crippen LogP contribution in [0.2, 0.25) is 0 Å². The van der Waals surface area contributed by atoms with Crippen molar-refractivity contribution in [2.75, 3.05) is 0 Å². The molecule has 0 unspecified atom stereocenters. The zero-order valence-corrected chi connectivity index (χ0v) is 16.0. The Labute approximate surface area is 150 Å². The normalized spacial score (nSPS) is 14.0. The summed E-state index contributed by atoms with van der Waals surface area (Å²) in [7, 11) is 0. The molecule has 0 fully saturated rings. The molecule has 25 heavy (non-hydrogen) atoms. The lowest BCUT2D eigenvalue weighted by Gasteiger charge is -2.19. The van der Waals surface area contributed by atoms with Gasteiger partial charge in [0.2, 0.25) is 0 Å². The monoisotopic (exact) mass is 339 g/mol. The summed E-state index contributed by atoms with van der Waals surface area (Å²) in [5.41, 5.74) is 5.58. The van der Waals surface area contributed by atoms with E-state index in [1.165, 1.54) is 5.56 Å². The molecule has 4 nitrogen and oxygen atoms in total. The summed E-state index contributed by atoms with van der Waals surface area (Å²) in [6.45, 7) is 11.3. The molecule has 1 aromatic carbocycles. The fraction of sp³-hybridized carbons (Fsp3) is 0.524. The number of fused-ring (bicyclic) bond motifs is 1. The molecular formula is C21H29N3O. The van der Waals surface area contributed by atoms with E-state index in [2.05, 4.69) is 69.3 Å². The van der Waals surface area contributed by atoms with Gasteiger partial charge in [0, 0.05) is 18.2 Å². The first kappa shape index (κ1) is 17.7. The van der Waals surface area contributed by atoms with Gasteiger partial charge in [-0.15, -0.1) is 0 Å². The fourth-order valence-corrected chi connectivity index (χ4v) is 3.41. The van der Waals surface area contributed by atoms with E-state index in [1.807, 2.05) is 4.68 Å². The second-order valence-corrected chi connectivity index (χ2v) is 8.30. The third-order valence-corrected chi connectivity index (χ3v) is 4.91. The lowest BCUT2D eigenvalue weighted by molar-refractivity contribution is 0.0937. The van der Waals surface area contributed by atoms with Gasteiger partial charge in [0.05, 0.1) is 5.69 Å². The number of amides is 1. The van der Waals surface area contributed by atoms with Crippen molar-refractivity contribution in [1.29, 1.82) is 0 Å². The number of aryl methyl sites for hydroxylation is 1. The SMILES string of the molecule is CC(C)n1nc2c(c1C(=O)NCc1ccc(C(C)(C)C)cc1)CCC2. The van der Waals surface area contributed by atoms with Gasteiger partial charge in [-0.2, -0.15) is 5.10 Å². The van der Waals surface area contributed by atoms with Gasteiger partial charge in [-0.25, -0.2) is 0 Å². The first-order chi connectivity index (χ1) is 11.8. The van der Waals surface area contributed by atoms with Crippen molar-refractivity contribution in [3.8, 4) is 0 Å². The number of benzene rings is 1. The average molecular weight is 339 g/mol. The van der Waals surface area contributed by atoms with Crippen LogP contribution in [0.3, 0.4) is 0 Å². The Balaban J connectivity index is 1.73. The van der Waals surface area contributed by atoms with Crippen molar-refractivity contribution in [2.45, 2.75) is 71.9 Å². The van der Waals surface area contributed by atoms with Gasteiger partial charge in [0.1, 0.15) is 5.69 Å². The maximum absolute atomic E-state index is 12.8. The molecule has 0 bridgehead atoms. The first-order valence-corrected chi connectivity index (χ1v) is 9.25. The number of hydrogen-bond acceptors (Lipinski definition) is 2. The van der Waals surface area contributed by atoms with Crippen LogP contribution in [-0.4, -0.2) is 15.7 Å². The van der Waals surface area contributed by atoms with Crippen molar-refractivity contribution in [3.63, 3.8) is 0 Å². The van der Waals surface area contributed by atoms with Gasteiger partial charge in [0.25, 0.3) is 5.91 Å². The predicted molar refractivity (Wildman–Crippen MR) is 101 cm³/mol. The number of rotatable bonds is 4. The van der Waals surface area contributed by atoms with E-state index in [0.29, 0.717) is 6.54 Å². The van der Waals surface area contributed by atoms with Crippen LogP contribution < -0.4 is 5.32 Å². The Morgan fingerprint density at radius 1 is 1.20 bits per heavy atom. The molecule has 0 spiro atoms. The zero-order valence-electron chi connectivity index (χ0n) is 16.0. The van der Waals surface area contributed by atoms with Gasteiger partial charge >= 0.3 is 0 Å². The molecule has 2 aromatic rings. The molecule has 134 valence electrons. The second kappa shape index (κ2) is 6.66. The standard InChI is InChI=1S/C21H29N3O/c1-14(2)24-19(17-7-6-8-18(17)23-24)20(25)22-13-15-9-11-16(12-10-15)21(3,4)5/h9-12,14H,6-8,13H2,1-5H3,(H,22,25). The Hall–Kier alpha value is -2.10. The number of aromatic nitrogens is 2. The Kier molecular flexibility index (Phi) is 4.72. The number of nitrogens with one attached hydrogen (secondary N) is 1. The molecule has 1 aromatic heterocycles. The molecule has 1 aliphatic carbocycles. The second-order valence-electron chi connectivity index (χ2n) is 8.30. The summed E-state index contributed by atoms with van der Waals surface area (Å²) in [6.07, 6.45) is 3.06. The van der Waals surface area contributed by atoms with Crippen LogP contribution in [0.1, 0.15) is 80.0 Å². The van der Waals surface area contributed by atoms with Gasteiger partial charge in [-0.05, 0) is 49.7 Å². The molecular weight excluding hydrogens is 310 g/mol. The molecule has 0 aliphatic heterocycles. The summed E-state index contributed by atoms with van der Waals surface area (Å²) in [5.74, 6) is -0.00996. The highest BCUT2D eigenvalue weighted by molar-refractivity contribution is 5.94. The van der Waals surface area contributed by atoms with Crippen molar-refractivity contribution >= 4 is 5.91 Å². The number of hydrogen-bond donors (Lipinski definition) is 1. The van der Waals surface area contributed by atoms with Crippen molar-refractivity contribution in [3.05, 3.63) is 52.3 Å². The summed E-state index contributed by atoms with van der Waals surface area (Å²) in [6, 6.07) is 8.70. The summed E-state index contributed by atoms with van der Waals surface area (Å²) >= 11 is 0. The fourth-order valence-electron chi connectivity index (χ4n) is 3.41. The third kappa shape index (κ3) is 3.63. The van der Waals surface area contributed by atoms with Gasteiger partial charge in [-0.1, -0.05) is 45.0 Å². The number of carbonyl (C=O) groups is 1. The molecule has 1 heterocycles. The van der Waals surface area contributed by atoms with E-state index in [1.54, 1.807) is 0 Å². The highest BCUT2D eigenvalue weighted by Crippen LogP contribution is 2.27. The Morgan fingerprint density at radius 3 is 2.48 bits per heavy atom. The van der Waals surface area contributed by atoms with Crippen LogP contribution in [0.4, 0.5) is 0 Å². The smallest absolute Gasteiger partial charge is 0.270 e. The molecule has 1 N–H and O–H groups in total. The van der Waals surface area contributed by atoms with Crippen LogP contribution in [0.15, 0.2) is 24.3 Å². The minimum absolute atomic E-state index is 0.00996. The Bertz CT molecular complexity index is 764. The summed E-state index contributed by atoms with van der Waals surface area (Å²) < 4.78 is 1.89. The molecule has 0 saturated heterocycles. The first-order valence-electron chi connectivity index (χ1n) is 9.25. The molecule has 1 aliphatic rings. The van der Waals surface area contributed by atoms with E-state index in [-0.39, 0.29) is 17.4 Å². The topological polar surface area (TPSA) is 46.9 Å². The van der Waals surface area contributed by atoms with Crippen LogP contribution >= 0.6 is 0 Å². The third-order valence-electron chi connectivity index (χ3n) is 4.91. The molecule has 0 radical (unpaired) electrons. The predicted octanol–water partition coefficient (Wildman–Crippen LogP) is 4.18. The van der Waals surface area contributed by atoms with Crippen LogP contribution in [0.5, 0.6) is 0 Å². The van der Waals surface area contributed by atoms with E-state index >= 15 is 0 Å². The van der Waals surface area contributed by atoms with Gasteiger partial charge < -0.3 is 5.32 Å². The summed E-state index contributed by atoms with van der Waals surface area (Å²) in [4.78, 5) is 12.8. The van der Waals surface area contributed by atoms with Gasteiger partial charge in [0.15, 0.2) is 0 Å². The summed E-state index contributed by atoms with van der Waals surface area (Å²) in [5, 5.41) is 7.75. The maximum atomic E-state index is 12.8. The Morgan fingerprint density at radius 2 is 1.88 bits per heavy atom. The van der Waals surface area contributed by atoms with Crippen LogP contribution in [-0.2, 0) is 24.8 Å². The molecule has 4 heteroatoms. The minimum atomic E-state index is -0.00996. The zero-order chi connectivity index (χ0) is 18.2. The number of carbonyl (C=O) groups excluding carboxylic acids is 1. The highest BCUT2D eigenvalue weighted by atomic mass is 16.2. The highest BCUT2D eigenvalue weighted by Gasteiger charge is 2.27. The lowest BCUT2D eigenvalue weighted by atomic mass is 9.87. The van der Waals surface area contributed by atoms with E-state index in [4.69, 9.17) is 0 Å². The van der Waals surface area contributed by atoms with Crippen molar-refractivity contribution < 1.29 is 4.79 Å². The quantitative estimate of drug-likeness (QED) is 0.908. The van der Waals surface area contributed by atoms with Crippen molar-refractivity contribution in [1.82, 2.24) is 15.1 Å². The van der Waals surface area contributed by atoms with E-state index in [0.717, 1.165) is 41.8 Å².